The summed E-state index contributed by atoms with van der Waals surface area (Å²) in [5.74, 6) is -6.36. The minimum atomic E-state index is -3.53. The fourth-order valence-electron chi connectivity index (χ4n) is 18.7. The van der Waals surface area contributed by atoms with Crippen molar-refractivity contribution in [1.82, 2.24) is 0 Å². The number of halogens is 6. The summed E-state index contributed by atoms with van der Waals surface area (Å²) in [6.45, 7) is 4.73. The van der Waals surface area contributed by atoms with Crippen molar-refractivity contribution in [2.24, 2.45) is 93.7 Å². The van der Waals surface area contributed by atoms with E-state index in [9.17, 15) is 51.4 Å². The van der Waals surface area contributed by atoms with Gasteiger partial charge in [0.1, 0.15) is 29.3 Å². The van der Waals surface area contributed by atoms with Crippen LogP contribution in [0.5, 0.6) is 0 Å². The molecular formula is C55H75ClF4IK3O15. The molecule has 24 heteroatoms. The van der Waals surface area contributed by atoms with Crippen LogP contribution < -0.4 is 183 Å². The zero-order valence-electron chi connectivity index (χ0n) is 47.8. The van der Waals surface area contributed by atoms with Gasteiger partial charge >= 0.3 is 202 Å². The van der Waals surface area contributed by atoms with Crippen LogP contribution in [0.3, 0.4) is 0 Å². The Labute approximate surface area is 611 Å². The third kappa shape index (κ3) is 15.3. The Morgan fingerprint density at radius 2 is 0.886 bits per heavy atom. The summed E-state index contributed by atoms with van der Waals surface area (Å²) in [7, 11) is 0. The number of carboxylic acids is 1. The number of rotatable bonds is 12. The van der Waals surface area contributed by atoms with Gasteiger partial charge in [-0.15, -0.1) is 11.6 Å². The third-order valence-electron chi connectivity index (χ3n) is 21.1. The summed E-state index contributed by atoms with van der Waals surface area (Å²) in [5, 5.41) is 17.9. The maximum absolute atomic E-state index is 13.4. The van der Waals surface area contributed by atoms with E-state index in [-0.39, 0.29) is 240 Å². The van der Waals surface area contributed by atoms with Gasteiger partial charge < -0.3 is 64.3 Å². The van der Waals surface area contributed by atoms with Gasteiger partial charge in [0.15, 0.2) is 6.61 Å². The maximum atomic E-state index is 13.4. The minimum Gasteiger partial charge on any atom is -1.00 e. The molecule has 4 unspecified atom stereocenters. The SMILES string of the molecule is CC(F)(F)C(=O)OC1C2CC3CC1CC(C(=O)O)(C3)C2.CC(F)(F)C(=O)OC1C2CC3CC1CC(C(=O)OCC(=O)OC1(C)C4CC5CC(C4)CC1C5)(C3)C2.CC1(OC(=O)CCl)C2CC3CC(C2)CC1C3.O=CO[O-].[H-].[I-].[K+].[K+].[K+]. The Morgan fingerprint density at radius 3 is 1.19 bits per heavy atom. The number of carboxylic acid groups (broad SMARTS) is 1. The molecule has 16 saturated carbocycles. The molecule has 0 saturated heterocycles. The number of hydrogen-bond acceptors (Lipinski definition) is 14. The quantitative estimate of drug-likeness (QED) is 0.0233. The van der Waals surface area contributed by atoms with Crippen molar-refractivity contribution < 1.29 is 270 Å². The zero-order chi connectivity index (χ0) is 54.2. The van der Waals surface area contributed by atoms with Gasteiger partial charge in [0, 0.05) is 13.8 Å². The molecule has 16 fully saturated rings. The number of ether oxygens (including phenoxy) is 5. The summed E-state index contributed by atoms with van der Waals surface area (Å²) in [5.41, 5.74) is -2.11. The fraction of sp³-hybridized carbons (Fsp3) is 0.873. The Kier molecular flexibility index (Phi) is 25.5. The molecular weight excluding hydrogens is 1260 g/mol. The van der Waals surface area contributed by atoms with Crippen molar-refractivity contribution in [3.63, 3.8) is 0 Å². The average molecular weight is 1330 g/mol. The molecule has 0 heterocycles. The van der Waals surface area contributed by atoms with Gasteiger partial charge in [0.05, 0.1) is 10.8 Å². The van der Waals surface area contributed by atoms with Crippen molar-refractivity contribution >= 4 is 53.9 Å². The van der Waals surface area contributed by atoms with Crippen molar-refractivity contribution in [2.75, 3.05) is 12.5 Å². The molecule has 0 aromatic carbocycles. The Morgan fingerprint density at radius 1 is 0.570 bits per heavy atom. The first kappa shape index (κ1) is 71.7. The van der Waals surface area contributed by atoms with Gasteiger partial charge in [0.2, 0.25) is 0 Å². The van der Waals surface area contributed by atoms with E-state index in [2.05, 4.69) is 18.7 Å². The van der Waals surface area contributed by atoms with Gasteiger partial charge in [-0.1, -0.05) is 0 Å². The van der Waals surface area contributed by atoms with Crippen LogP contribution >= 0.6 is 11.6 Å². The normalized spacial score (nSPS) is 41.8. The molecule has 0 spiro atoms. The second-order valence-electron chi connectivity index (χ2n) is 26.1. The fourth-order valence-corrected chi connectivity index (χ4v) is 18.8. The molecule has 0 aliphatic heterocycles. The molecule has 15 nitrogen and oxygen atoms in total. The number of hydrogen-bond donors (Lipinski definition) is 1. The first-order valence-corrected chi connectivity index (χ1v) is 28.0. The van der Waals surface area contributed by atoms with Gasteiger partial charge in [-0.2, -0.15) is 17.6 Å². The van der Waals surface area contributed by atoms with Crippen molar-refractivity contribution in [3.05, 3.63) is 0 Å². The van der Waals surface area contributed by atoms with Crippen molar-refractivity contribution in [3.8, 4) is 0 Å². The van der Waals surface area contributed by atoms with Crippen LogP contribution in [-0.4, -0.2) is 95.1 Å². The molecule has 16 aliphatic rings. The number of esters is 5. The van der Waals surface area contributed by atoms with Crippen LogP contribution in [0.4, 0.5) is 17.6 Å². The molecule has 0 aromatic rings. The van der Waals surface area contributed by atoms with Crippen LogP contribution in [0.2, 0.25) is 0 Å². The van der Waals surface area contributed by atoms with E-state index in [1.165, 1.54) is 38.5 Å². The monoisotopic (exact) mass is 1330 g/mol. The molecule has 0 aromatic heterocycles. The number of aliphatic carboxylic acids is 1. The summed E-state index contributed by atoms with van der Waals surface area (Å²) >= 11 is 5.55. The largest absolute Gasteiger partial charge is 1.00 e. The molecule has 79 heavy (non-hydrogen) atoms. The molecule has 16 bridgehead atoms. The minimum absolute atomic E-state index is 0. The van der Waals surface area contributed by atoms with Gasteiger partial charge in [-0.3, -0.25) is 19.2 Å². The van der Waals surface area contributed by atoms with Crippen LogP contribution in [0.25, 0.3) is 0 Å². The topological polar surface area (TPSA) is 218 Å². The molecule has 0 radical (unpaired) electrons. The molecule has 0 amide bonds. The number of carbonyl (C=O) groups excluding carboxylic acids is 6. The smallest absolute Gasteiger partial charge is 1.00 e. The molecule has 16 aliphatic carbocycles. The maximum Gasteiger partial charge on any atom is 1.00 e. The Hall–Kier alpha value is 1.90. The predicted octanol–water partition coefficient (Wildman–Crippen LogP) is -3.31. The average Bonchev–Trinajstić information content (AvgIpc) is 3.33. The summed E-state index contributed by atoms with van der Waals surface area (Å²) in [4.78, 5) is 83.5. The summed E-state index contributed by atoms with van der Waals surface area (Å²) in [6, 6.07) is 0. The van der Waals surface area contributed by atoms with E-state index in [1.807, 2.05) is 0 Å². The second kappa shape index (κ2) is 28.2. The number of carbonyl (C=O) groups is 7. The van der Waals surface area contributed by atoms with E-state index >= 15 is 0 Å². The van der Waals surface area contributed by atoms with Crippen LogP contribution in [-0.2, 0) is 62.1 Å². The van der Waals surface area contributed by atoms with Crippen LogP contribution in [0.15, 0.2) is 0 Å². The zero-order valence-corrected chi connectivity index (χ0v) is 59.1. The number of alkyl halides is 5. The van der Waals surface area contributed by atoms with E-state index in [0.29, 0.717) is 82.0 Å². The Bertz CT molecular complexity index is 2160. The van der Waals surface area contributed by atoms with Crippen molar-refractivity contribution in [1.29, 1.82) is 0 Å². The van der Waals surface area contributed by atoms with Gasteiger partial charge in [0.25, 0.3) is 6.47 Å². The van der Waals surface area contributed by atoms with E-state index in [0.717, 1.165) is 75.0 Å². The first-order chi connectivity index (χ1) is 35.2. The predicted molar refractivity (Wildman–Crippen MR) is 254 cm³/mol. The summed E-state index contributed by atoms with van der Waals surface area (Å²) < 4.78 is 80.3. The Balaban J connectivity index is 0.000000262. The van der Waals surface area contributed by atoms with Gasteiger partial charge in [-0.05, 0) is 225 Å². The molecule has 16 rings (SSSR count). The first-order valence-electron chi connectivity index (χ1n) is 27.5. The summed E-state index contributed by atoms with van der Waals surface area (Å²) in [6.07, 6.45) is 17.5. The standard InChI is InChI=1S/C27H36F2O6.C14H18F2O4.C13H19ClO2.CH2O3.HI.3K.H/c1-25(19-6-14-3-15(8-19)9-20(25)7-14)35-21(30)13-33-24(32)27-10-16-4-17(11-27)22(18(5-16)12-27)34-23(31)26(2,28)29;1-13(15,16)12(19)20-10-8-2-7-3-9(10)6-14(4-7,5-8)11(17)18;1-13(16-12(15)7-14)10-3-8-2-9(5-10)6-11(13)4-8;2-1-4-3;;;;;/h14-20,22H,3-13H2,1-2H3;7-10H,2-6H2,1H3,(H,17,18);8-11H,2-7H2,1H3;1,3H;1H;;;;/q;;;;;3*+1;-1/p-2. The second-order valence-corrected chi connectivity index (χ2v) is 26.4. The van der Waals surface area contributed by atoms with E-state index < -0.39 is 70.3 Å². The molecule has 4 atom stereocenters. The van der Waals surface area contributed by atoms with Crippen LogP contribution in [0, 0.1) is 93.7 Å². The van der Waals surface area contributed by atoms with Gasteiger partial charge in [-0.25, -0.2) is 14.4 Å². The van der Waals surface area contributed by atoms with E-state index in [4.69, 9.17) is 45.3 Å². The molecule has 430 valence electrons. The van der Waals surface area contributed by atoms with Crippen molar-refractivity contribution in [2.45, 2.75) is 191 Å². The van der Waals surface area contributed by atoms with Crippen LogP contribution in [0.1, 0.15) is 158 Å². The molecule has 1 N–H and O–H groups in total. The van der Waals surface area contributed by atoms with E-state index in [1.54, 1.807) is 0 Å². The third-order valence-corrected chi connectivity index (χ3v) is 21.3.